The van der Waals surface area contributed by atoms with Crippen LogP contribution in [0, 0.1) is 32.6 Å². The maximum Gasteiger partial charge on any atom is 0.305 e. The number of amides is 1. The lowest BCUT2D eigenvalue weighted by atomic mass is 9.74. The molecule has 0 fully saturated rings. The summed E-state index contributed by atoms with van der Waals surface area (Å²) in [6.07, 6.45) is 0. The molecule has 3 aromatic heterocycles. The van der Waals surface area contributed by atoms with Gasteiger partial charge in [0, 0.05) is 18.5 Å². The summed E-state index contributed by atoms with van der Waals surface area (Å²) in [6, 6.07) is 9.55. The summed E-state index contributed by atoms with van der Waals surface area (Å²) in [5.74, 6) is 2.74. The van der Waals surface area contributed by atoms with Crippen molar-refractivity contribution in [3.05, 3.63) is 64.0 Å². The second kappa shape index (κ2) is 9.19. The van der Waals surface area contributed by atoms with Crippen LogP contribution in [-0.4, -0.2) is 20.7 Å². The minimum Gasteiger partial charge on any atom is -0.426 e. The third-order valence-electron chi connectivity index (χ3n) is 8.28. The number of carbonyl (C=O) groups is 1. The fraction of sp³-hybridized carbons (Fsp3) is 0.433. The summed E-state index contributed by atoms with van der Waals surface area (Å²) < 4.78 is 13.6. The van der Waals surface area contributed by atoms with Gasteiger partial charge in [0.2, 0.25) is 0 Å². The third kappa shape index (κ3) is 4.22. The number of hydrogen-bond donors (Lipinski definition) is 2. The Bertz CT molecular complexity index is 1550. The van der Waals surface area contributed by atoms with E-state index in [4.69, 9.17) is 9.15 Å². The van der Waals surface area contributed by atoms with Gasteiger partial charge in [0.1, 0.15) is 11.6 Å². The van der Waals surface area contributed by atoms with Crippen molar-refractivity contribution in [3.63, 3.8) is 0 Å². The van der Waals surface area contributed by atoms with E-state index in [1.807, 2.05) is 27.0 Å². The second-order valence-electron chi connectivity index (χ2n) is 11.5. The highest BCUT2D eigenvalue weighted by Gasteiger charge is 2.45. The van der Waals surface area contributed by atoms with Gasteiger partial charge < -0.3 is 9.15 Å². The first-order chi connectivity index (χ1) is 17.9. The molecule has 0 saturated heterocycles. The van der Waals surface area contributed by atoms with Crippen molar-refractivity contribution >= 4 is 22.8 Å². The molecule has 38 heavy (non-hydrogen) atoms. The van der Waals surface area contributed by atoms with E-state index in [9.17, 15) is 4.79 Å². The number of hydrogen-bond acceptors (Lipinski definition) is 6. The highest BCUT2D eigenvalue weighted by Crippen LogP contribution is 2.54. The van der Waals surface area contributed by atoms with Crippen molar-refractivity contribution in [2.75, 3.05) is 5.43 Å². The van der Waals surface area contributed by atoms with E-state index in [1.165, 1.54) is 11.1 Å². The molecule has 8 nitrogen and oxygen atoms in total. The molecule has 2 unspecified atom stereocenters. The monoisotopic (exact) mass is 515 g/mol. The zero-order chi connectivity index (χ0) is 27.5. The van der Waals surface area contributed by atoms with Gasteiger partial charge in [0.05, 0.1) is 5.69 Å². The van der Waals surface area contributed by atoms with Crippen LogP contribution in [0.5, 0.6) is 11.7 Å². The van der Waals surface area contributed by atoms with E-state index in [-0.39, 0.29) is 17.1 Å². The molecule has 0 radical (unpaired) electrons. The minimum atomic E-state index is -0.429. The molecule has 0 aliphatic heterocycles. The standard InChI is InChI=1S/C30H37N5O3/c1-15(2)26-18(5)30(7,8)21-12-16(3)23(14-20(21)26)38-25-11-10-22(37-25)29(36)33-32-24-13-17(4)27-19(6)34-35(9)28(27)31-24/h10-15,18,26H,1-9H3,(H,31,32)(H,33,36). The van der Waals surface area contributed by atoms with Crippen molar-refractivity contribution in [1.82, 2.24) is 20.2 Å². The number of rotatable bonds is 6. The number of nitrogens with one attached hydrogen (secondary N) is 2. The molecule has 1 aliphatic carbocycles. The number of benzene rings is 1. The number of anilines is 1. The molecular formula is C30H37N5O3. The maximum absolute atomic E-state index is 12.8. The molecule has 200 valence electrons. The Labute approximate surface area is 223 Å². The van der Waals surface area contributed by atoms with Crippen LogP contribution in [0.25, 0.3) is 11.0 Å². The number of fused-ring (bicyclic) bond motifs is 2. The molecule has 1 aliphatic rings. The van der Waals surface area contributed by atoms with Crippen molar-refractivity contribution in [2.45, 2.75) is 66.7 Å². The number of pyridine rings is 1. The van der Waals surface area contributed by atoms with E-state index in [0.29, 0.717) is 23.6 Å². The summed E-state index contributed by atoms with van der Waals surface area (Å²) in [5, 5.41) is 5.44. The lowest BCUT2D eigenvalue weighted by Crippen LogP contribution is -2.29. The molecule has 0 bridgehead atoms. The summed E-state index contributed by atoms with van der Waals surface area (Å²) in [4.78, 5) is 17.4. The van der Waals surface area contributed by atoms with Crippen molar-refractivity contribution in [2.24, 2.45) is 18.9 Å². The van der Waals surface area contributed by atoms with E-state index in [0.717, 1.165) is 33.6 Å². The van der Waals surface area contributed by atoms with Gasteiger partial charge in [-0.15, -0.1) is 0 Å². The number of ether oxygens (including phenoxy) is 1. The third-order valence-corrected chi connectivity index (χ3v) is 8.28. The maximum atomic E-state index is 12.8. The van der Waals surface area contributed by atoms with E-state index >= 15 is 0 Å². The Morgan fingerprint density at radius 1 is 1.13 bits per heavy atom. The minimum absolute atomic E-state index is 0.101. The fourth-order valence-electron chi connectivity index (χ4n) is 6.06. The number of aromatic nitrogens is 3. The Morgan fingerprint density at radius 3 is 2.58 bits per heavy atom. The molecule has 0 saturated carbocycles. The predicted octanol–water partition coefficient (Wildman–Crippen LogP) is 6.70. The van der Waals surface area contributed by atoms with Crippen LogP contribution in [0.4, 0.5) is 5.82 Å². The SMILES string of the molecule is Cc1cc2c(cc1Oc1ccc(C(=O)NNc3cc(C)c4c(C)nn(C)c4n3)o1)C(C(C)C)C(C)C2(C)C. The molecule has 8 heteroatoms. The lowest BCUT2D eigenvalue weighted by molar-refractivity contribution is 0.0930. The van der Waals surface area contributed by atoms with Crippen molar-refractivity contribution in [1.29, 1.82) is 0 Å². The van der Waals surface area contributed by atoms with Crippen LogP contribution < -0.4 is 15.6 Å². The molecule has 4 aromatic rings. The summed E-state index contributed by atoms with van der Waals surface area (Å²) in [6.45, 7) is 17.6. The van der Waals surface area contributed by atoms with Gasteiger partial charge in [-0.05, 0) is 84.4 Å². The van der Waals surface area contributed by atoms with Gasteiger partial charge in [-0.25, -0.2) is 4.98 Å². The molecule has 1 amide bonds. The average molecular weight is 516 g/mol. The van der Waals surface area contributed by atoms with Crippen LogP contribution in [0.15, 0.2) is 34.7 Å². The summed E-state index contributed by atoms with van der Waals surface area (Å²) >= 11 is 0. The van der Waals surface area contributed by atoms with Gasteiger partial charge in [-0.3, -0.25) is 20.3 Å². The Balaban J connectivity index is 1.32. The van der Waals surface area contributed by atoms with E-state index in [2.05, 4.69) is 74.6 Å². The largest absolute Gasteiger partial charge is 0.426 e. The van der Waals surface area contributed by atoms with Crippen LogP contribution in [-0.2, 0) is 12.5 Å². The number of hydrazine groups is 1. The second-order valence-corrected chi connectivity index (χ2v) is 11.5. The van der Waals surface area contributed by atoms with Crippen LogP contribution in [0.2, 0.25) is 0 Å². The highest BCUT2D eigenvalue weighted by molar-refractivity contribution is 5.92. The van der Waals surface area contributed by atoms with Gasteiger partial charge in [-0.2, -0.15) is 5.10 Å². The smallest absolute Gasteiger partial charge is 0.305 e. The predicted molar refractivity (Wildman–Crippen MR) is 149 cm³/mol. The Kier molecular flexibility index (Phi) is 6.24. The topological polar surface area (TPSA) is 94.2 Å². The Morgan fingerprint density at radius 2 is 1.87 bits per heavy atom. The quantitative estimate of drug-likeness (QED) is 0.277. The van der Waals surface area contributed by atoms with Crippen LogP contribution >= 0.6 is 0 Å². The van der Waals surface area contributed by atoms with Crippen molar-refractivity contribution < 1.29 is 13.9 Å². The average Bonchev–Trinajstić information content (AvgIpc) is 3.47. The van der Waals surface area contributed by atoms with Gasteiger partial charge in [-0.1, -0.05) is 40.7 Å². The zero-order valence-electron chi connectivity index (χ0n) is 23.7. The molecule has 2 N–H and O–H groups in total. The first-order valence-corrected chi connectivity index (χ1v) is 13.2. The molecule has 1 aromatic carbocycles. The van der Waals surface area contributed by atoms with E-state index < -0.39 is 5.91 Å². The fourth-order valence-corrected chi connectivity index (χ4v) is 6.06. The number of aryl methyl sites for hydroxylation is 4. The molecule has 0 spiro atoms. The number of carbonyl (C=O) groups excluding carboxylic acids is 1. The van der Waals surface area contributed by atoms with Gasteiger partial charge in [0.15, 0.2) is 11.4 Å². The van der Waals surface area contributed by atoms with Gasteiger partial charge in [0.25, 0.3) is 5.95 Å². The molecule has 3 heterocycles. The normalized spacial score (nSPS) is 18.2. The zero-order valence-corrected chi connectivity index (χ0v) is 23.7. The number of nitrogens with zero attached hydrogens (tertiary/aromatic N) is 3. The first kappa shape index (κ1) is 25.8. The highest BCUT2D eigenvalue weighted by atomic mass is 16.6. The number of furan rings is 1. The summed E-state index contributed by atoms with van der Waals surface area (Å²) in [7, 11) is 1.85. The molecule has 5 rings (SSSR count). The van der Waals surface area contributed by atoms with Crippen molar-refractivity contribution in [3.8, 4) is 11.7 Å². The summed E-state index contributed by atoms with van der Waals surface area (Å²) in [5.41, 5.74) is 12.1. The van der Waals surface area contributed by atoms with E-state index in [1.54, 1.807) is 16.8 Å². The first-order valence-electron chi connectivity index (χ1n) is 13.2. The molecule has 2 atom stereocenters. The molecular weight excluding hydrogens is 478 g/mol. The van der Waals surface area contributed by atoms with Crippen LogP contribution in [0.1, 0.15) is 79.0 Å². The lowest BCUT2D eigenvalue weighted by Gasteiger charge is -2.30. The Hall–Kier alpha value is -3.81. The van der Waals surface area contributed by atoms with Crippen LogP contribution in [0.3, 0.4) is 0 Å². The van der Waals surface area contributed by atoms with Gasteiger partial charge >= 0.3 is 5.91 Å².